The monoisotopic (exact) mass is 294 g/mol. The summed E-state index contributed by atoms with van der Waals surface area (Å²) in [5.74, 6) is 0.682. The molecular formula is C18H18N2O2. The number of H-pyrrole nitrogens is 1. The molecule has 3 aromatic rings. The van der Waals surface area contributed by atoms with E-state index >= 15 is 0 Å². The Morgan fingerprint density at radius 2 is 1.73 bits per heavy atom. The lowest BCUT2D eigenvalue weighted by atomic mass is 10.1. The quantitative estimate of drug-likeness (QED) is 0.806. The average Bonchev–Trinajstić information content (AvgIpc) is 2.54. The van der Waals surface area contributed by atoms with E-state index in [0.717, 1.165) is 22.5 Å². The van der Waals surface area contributed by atoms with Crippen LogP contribution < -0.4 is 15.1 Å². The topological polar surface area (TPSA) is 45.3 Å². The molecule has 0 atom stereocenters. The number of hydrogen-bond donors (Lipinski definition) is 1. The summed E-state index contributed by atoms with van der Waals surface area (Å²) in [5.41, 5.74) is 3.71. The Bertz CT molecular complexity index is 864. The summed E-state index contributed by atoms with van der Waals surface area (Å²) in [4.78, 5) is 17.7. The zero-order valence-electron chi connectivity index (χ0n) is 12.9. The summed E-state index contributed by atoms with van der Waals surface area (Å²) in [6, 6.07) is 15.2. The second-order valence-electron chi connectivity index (χ2n) is 5.40. The summed E-state index contributed by atoms with van der Waals surface area (Å²) in [5, 5.41) is 0.632. The van der Waals surface area contributed by atoms with Crippen molar-refractivity contribution in [2.45, 2.75) is 0 Å². The Hall–Kier alpha value is -2.75. The molecule has 0 saturated carbocycles. The van der Waals surface area contributed by atoms with Gasteiger partial charge in [0.1, 0.15) is 5.75 Å². The highest BCUT2D eigenvalue weighted by atomic mass is 16.5. The molecule has 0 unspecified atom stereocenters. The first-order valence-corrected chi connectivity index (χ1v) is 7.07. The predicted octanol–water partition coefficient (Wildman–Crippen LogP) is 3.27. The van der Waals surface area contributed by atoms with E-state index in [9.17, 15) is 4.79 Å². The summed E-state index contributed by atoms with van der Waals surface area (Å²) >= 11 is 0. The van der Waals surface area contributed by atoms with Gasteiger partial charge in [-0.1, -0.05) is 12.1 Å². The smallest absolute Gasteiger partial charge is 0.190 e. The summed E-state index contributed by atoms with van der Waals surface area (Å²) in [6.07, 6.45) is 0. The van der Waals surface area contributed by atoms with Crippen molar-refractivity contribution in [1.82, 2.24) is 4.98 Å². The fourth-order valence-corrected chi connectivity index (χ4v) is 2.45. The Kier molecular flexibility index (Phi) is 3.59. The Morgan fingerprint density at radius 1 is 1.00 bits per heavy atom. The van der Waals surface area contributed by atoms with Gasteiger partial charge in [0, 0.05) is 42.4 Å². The number of nitrogens with zero attached hydrogens (tertiary/aromatic N) is 1. The summed E-state index contributed by atoms with van der Waals surface area (Å²) in [6.45, 7) is 0. The molecule has 22 heavy (non-hydrogen) atoms. The highest BCUT2D eigenvalue weighted by Crippen LogP contribution is 2.23. The normalized spacial score (nSPS) is 10.7. The zero-order chi connectivity index (χ0) is 15.7. The lowest BCUT2D eigenvalue weighted by Crippen LogP contribution is -2.08. The van der Waals surface area contributed by atoms with Gasteiger partial charge < -0.3 is 14.6 Å². The van der Waals surface area contributed by atoms with Crippen LogP contribution in [-0.2, 0) is 0 Å². The molecule has 1 aromatic heterocycles. The summed E-state index contributed by atoms with van der Waals surface area (Å²) in [7, 11) is 5.59. The highest BCUT2D eigenvalue weighted by molar-refractivity contribution is 5.82. The average molecular weight is 294 g/mol. The van der Waals surface area contributed by atoms with Crippen LogP contribution in [0.15, 0.2) is 53.3 Å². The van der Waals surface area contributed by atoms with Crippen LogP contribution in [0.3, 0.4) is 0 Å². The third-order valence-corrected chi connectivity index (χ3v) is 3.73. The van der Waals surface area contributed by atoms with Crippen LogP contribution in [0.1, 0.15) is 0 Å². The molecule has 0 saturated heterocycles. The SMILES string of the molecule is COc1ccc2[nH]c(-c3ccc(N(C)C)cc3)cc(=O)c2c1. The number of aromatic nitrogens is 1. The van der Waals surface area contributed by atoms with Gasteiger partial charge in [-0.05, 0) is 35.9 Å². The maximum absolute atomic E-state index is 12.3. The van der Waals surface area contributed by atoms with Gasteiger partial charge in [-0.15, -0.1) is 0 Å². The minimum atomic E-state index is -0.0145. The van der Waals surface area contributed by atoms with Crippen molar-refractivity contribution in [2.24, 2.45) is 0 Å². The van der Waals surface area contributed by atoms with E-state index < -0.39 is 0 Å². The van der Waals surface area contributed by atoms with Crippen molar-refractivity contribution < 1.29 is 4.74 Å². The minimum Gasteiger partial charge on any atom is -0.497 e. The van der Waals surface area contributed by atoms with E-state index in [1.54, 1.807) is 19.2 Å². The second-order valence-corrected chi connectivity index (χ2v) is 5.40. The highest BCUT2D eigenvalue weighted by Gasteiger charge is 2.06. The van der Waals surface area contributed by atoms with Gasteiger partial charge in [-0.3, -0.25) is 4.79 Å². The number of fused-ring (bicyclic) bond motifs is 1. The Morgan fingerprint density at radius 3 is 2.36 bits per heavy atom. The van der Waals surface area contributed by atoms with Gasteiger partial charge in [0.25, 0.3) is 0 Å². The Labute approximate surface area is 129 Å². The third-order valence-electron chi connectivity index (χ3n) is 3.73. The lowest BCUT2D eigenvalue weighted by Gasteiger charge is -2.13. The number of aromatic amines is 1. The molecule has 0 fully saturated rings. The van der Waals surface area contributed by atoms with E-state index in [1.807, 2.05) is 55.4 Å². The molecule has 2 aromatic carbocycles. The molecule has 1 heterocycles. The maximum atomic E-state index is 12.3. The predicted molar refractivity (Wildman–Crippen MR) is 90.9 cm³/mol. The van der Waals surface area contributed by atoms with Crippen LogP contribution in [0, 0.1) is 0 Å². The van der Waals surface area contributed by atoms with E-state index in [0.29, 0.717) is 11.1 Å². The number of ether oxygens (including phenoxy) is 1. The number of benzene rings is 2. The van der Waals surface area contributed by atoms with Crippen LogP contribution in [-0.4, -0.2) is 26.2 Å². The fraction of sp³-hybridized carbons (Fsp3) is 0.167. The van der Waals surface area contributed by atoms with Gasteiger partial charge in [-0.25, -0.2) is 0 Å². The van der Waals surface area contributed by atoms with Gasteiger partial charge >= 0.3 is 0 Å². The van der Waals surface area contributed by atoms with Crippen LogP contribution in [0.5, 0.6) is 5.75 Å². The number of anilines is 1. The van der Waals surface area contributed by atoms with Crippen LogP contribution >= 0.6 is 0 Å². The van der Waals surface area contributed by atoms with Crippen molar-refractivity contribution in [3.63, 3.8) is 0 Å². The molecule has 112 valence electrons. The third kappa shape index (κ3) is 2.55. The second kappa shape index (κ2) is 5.56. The number of hydrogen-bond acceptors (Lipinski definition) is 3. The van der Waals surface area contributed by atoms with Crippen LogP contribution in [0.4, 0.5) is 5.69 Å². The largest absolute Gasteiger partial charge is 0.497 e. The maximum Gasteiger partial charge on any atom is 0.190 e. The van der Waals surface area contributed by atoms with Crippen molar-refractivity contribution in [3.8, 4) is 17.0 Å². The van der Waals surface area contributed by atoms with E-state index in [-0.39, 0.29) is 5.43 Å². The molecule has 0 aliphatic carbocycles. The molecule has 0 amide bonds. The summed E-state index contributed by atoms with van der Waals surface area (Å²) < 4.78 is 5.17. The van der Waals surface area contributed by atoms with Crippen molar-refractivity contribution >= 4 is 16.6 Å². The molecule has 1 N–H and O–H groups in total. The molecule has 0 bridgehead atoms. The molecule has 4 nitrogen and oxygen atoms in total. The molecular weight excluding hydrogens is 276 g/mol. The molecule has 0 radical (unpaired) electrons. The Balaban J connectivity index is 2.10. The van der Waals surface area contributed by atoms with Gasteiger partial charge in [0.15, 0.2) is 5.43 Å². The number of rotatable bonds is 3. The number of nitrogens with one attached hydrogen (secondary N) is 1. The van der Waals surface area contributed by atoms with Crippen molar-refractivity contribution in [3.05, 3.63) is 58.8 Å². The zero-order valence-corrected chi connectivity index (χ0v) is 12.9. The van der Waals surface area contributed by atoms with Crippen molar-refractivity contribution in [2.75, 3.05) is 26.1 Å². The number of pyridine rings is 1. The fourth-order valence-electron chi connectivity index (χ4n) is 2.45. The van der Waals surface area contributed by atoms with Crippen LogP contribution in [0.2, 0.25) is 0 Å². The van der Waals surface area contributed by atoms with Crippen molar-refractivity contribution in [1.29, 1.82) is 0 Å². The molecule has 0 aliphatic rings. The lowest BCUT2D eigenvalue weighted by molar-refractivity contribution is 0.415. The van der Waals surface area contributed by atoms with Gasteiger partial charge in [0.05, 0.1) is 7.11 Å². The van der Waals surface area contributed by atoms with Crippen LogP contribution in [0.25, 0.3) is 22.2 Å². The van der Waals surface area contributed by atoms with E-state index in [2.05, 4.69) is 4.98 Å². The first-order valence-electron chi connectivity index (χ1n) is 7.07. The first-order chi connectivity index (χ1) is 10.6. The first kappa shape index (κ1) is 14.2. The van der Waals surface area contributed by atoms with Gasteiger partial charge in [-0.2, -0.15) is 0 Å². The van der Waals surface area contributed by atoms with Gasteiger partial charge in [0.2, 0.25) is 0 Å². The number of methoxy groups -OCH3 is 1. The molecule has 0 spiro atoms. The minimum absolute atomic E-state index is 0.0145. The standard InChI is InChI=1S/C18H18N2O2/c1-20(2)13-6-4-12(5-7-13)17-11-18(21)15-10-14(22-3)8-9-16(15)19-17/h4-11H,1-3H3,(H,19,21). The molecule has 0 aliphatic heterocycles. The van der Waals surface area contributed by atoms with E-state index in [4.69, 9.17) is 4.74 Å². The van der Waals surface area contributed by atoms with E-state index in [1.165, 1.54) is 0 Å². The molecule has 4 heteroatoms. The molecule has 3 rings (SSSR count).